The number of nitrogens with two attached hydrogens (primary N) is 1. The van der Waals surface area contributed by atoms with Gasteiger partial charge in [0.15, 0.2) is 0 Å². The first kappa shape index (κ1) is 8.58. The monoisotopic (exact) mass is 153 g/mol. The Morgan fingerprint density at radius 3 is 2.45 bits per heavy atom. The molecule has 0 aromatic rings. The van der Waals surface area contributed by atoms with Gasteiger partial charge < -0.3 is 10.8 Å². The Morgan fingerprint density at radius 1 is 1.45 bits per heavy atom. The van der Waals surface area contributed by atoms with E-state index in [0.29, 0.717) is 0 Å². The van der Waals surface area contributed by atoms with Crippen molar-refractivity contribution in [1.82, 2.24) is 0 Å². The number of aliphatic hydroxyl groups is 1. The third-order valence-corrected chi connectivity index (χ3v) is 2.22. The highest BCUT2D eigenvalue weighted by atomic mass is 16.3. The fourth-order valence-electron chi connectivity index (χ4n) is 1.48. The van der Waals surface area contributed by atoms with Gasteiger partial charge in [-0.05, 0) is 32.6 Å². The molecule has 0 atom stereocenters. The molecule has 1 aliphatic rings. The highest BCUT2D eigenvalue weighted by molar-refractivity contribution is 5.13. The maximum absolute atomic E-state index is 9.76. The molecule has 0 radical (unpaired) electrons. The van der Waals surface area contributed by atoms with Gasteiger partial charge in [-0.25, -0.2) is 0 Å². The van der Waals surface area contributed by atoms with Crippen LogP contribution in [0.1, 0.15) is 32.6 Å². The average molecular weight is 153 g/mol. The van der Waals surface area contributed by atoms with Crippen LogP contribution in [0.2, 0.25) is 0 Å². The lowest BCUT2D eigenvalue weighted by Gasteiger charge is -2.30. The van der Waals surface area contributed by atoms with Gasteiger partial charge in [0.25, 0.3) is 0 Å². The fraction of sp³-hybridized carbons (Fsp3) is 0.778. The number of hydrogen-bond acceptors (Lipinski definition) is 2. The number of hydrogen-bond donors (Lipinski definition) is 2. The third kappa shape index (κ3) is 2.21. The first-order valence-electron chi connectivity index (χ1n) is 4.08. The normalized spacial score (nSPS) is 37.5. The van der Waals surface area contributed by atoms with Gasteiger partial charge in [-0.3, -0.25) is 0 Å². The molecule has 2 nitrogen and oxygen atoms in total. The summed E-state index contributed by atoms with van der Waals surface area (Å²) in [5.41, 5.74) is 4.96. The van der Waals surface area contributed by atoms with Gasteiger partial charge in [-0.2, -0.15) is 0 Å². The molecule has 1 fully saturated rings. The van der Waals surface area contributed by atoms with Crippen LogP contribution in [0.5, 0.6) is 0 Å². The summed E-state index contributed by atoms with van der Waals surface area (Å²) in [5, 5.41) is 9.76. The summed E-state index contributed by atoms with van der Waals surface area (Å²) in [5.74, 6) is 5.58. The topological polar surface area (TPSA) is 46.2 Å². The maximum Gasteiger partial charge on any atom is 0.125 e. The lowest BCUT2D eigenvalue weighted by atomic mass is 9.83. The third-order valence-electron chi connectivity index (χ3n) is 2.22. The molecule has 0 aromatic heterocycles. The van der Waals surface area contributed by atoms with Gasteiger partial charge in [-0.1, -0.05) is 5.92 Å². The second-order valence-electron chi connectivity index (χ2n) is 3.24. The Labute approximate surface area is 67.8 Å². The Bertz CT molecular complexity index is 181. The van der Waals surface area contributed by atoms with Gasteiger partial charge in [-0.15, -0.1) is 5.92 Å². The van der Waals surface area contributed by atoms with Crippen LogP contribution < -0.4 is 5.73 Å². The Hall–Kier alpha value is -0.520. The molecular formula is C9H15NO. The Balaban J connectivity index is 2.52. The number of rotatable bonds is 0. The van der Waals surface area contributed by atoms with Crippen molar-refractivity contribution >= 4 is 0 Å². The van der Waals surface area contributed by atoms with Gasteiger partial charge >= 0.3 is 0 Å². The molecule has 1 rings (SSSR count). The molecule has 0 amide bonds. The van der Waals surface area contributed by atoms with E-state index in [4.69, 9.17) is 5.73 Å². The molecule has 2 heteroatoms. The molecule has 1 saturated carbocycles. The van der Waals surface area contributed by atoms with Crippen LogP contribution in [0.4, 0.5) is 0 Å². The standard InChI is InChI=1S/C9H15NO/c1-2-5-9(11)6-3-8(10)4-7-9/h8,11H,3-4,6-7,10H2,1H3. The van der Waals surface area contributed by atoms with Crippen molar-refractivity contribution in [3.63, 3.8) is 0 Å². The zero-order chi connectivity index (χ0) is 8.32. The fourth-order valence-corrected chi connectivity index (χ4v) is 1.48. The maximum atomic E-state index is 9.76. The Morgan fingerprint density at radius 2 is 2.00 bits per heavy atom. The smallest absolute Gasteiger partial charge is 0.125 e. The predicted molar refractivity (Wildman–Crippen MR) is 44.8 cm³/mol. The molecule has 0 unspecified atom stereocenters. The molecule has 62 valence electrons. The SMILES string of the molecule is CC#CC1(O)CCC(N)CC1. The van der Waals surface area contributed by atoms with E-state index in [1.165, 1.54) is 0 Å². The molecule has 0 saturated heterocycles. The summed E-state index contributed by atoms with van der Waals surface area (Å²) in [6, 6.07) is 0.272. The lowest BCUT2D eigenvalue weighted by Crippen LogP contribution is -2.37. The minimum atomic E-state index is -0.732. The molecule has 0 bridgehead atoms. The minimum Gasteiger partial charge on any atom is -0.378 e. The molecule has 3 N–H and O–H groups in total. The van der Waals surface area contributed by atoms with E-state index in [1.54, 1.807) is 6.92 Å². The molecule has 11 heavy (non-hydrogen) atoms. The molecule has 0 aliphatic heterocycles. The van der Waals surface area contributed by atoms with Crippen LogP contribution in [-0.2, 0) is 0 Å². The summed E-state index contributed by atoms with van der Waals surface area (Å²) < 4.78 is 0. The summed E-state index contributed by atoms with van der Waals surface area (Å²) in [6.45, 7) is 1.76. The zero-order valence-electron chi connectivity index (χ0n) is 6.93. The van der Waals surface area contributed by atoms with Crippen molar-refractivity contribution in [2.75, 3.05) is 0 Å². The predicted octanol–water partition coefficient (Wildman–Crippen LogP) is 0.642. The van der Waals surface area contributed by atoms with Crippen molar-refractivity contribution in [3.05, 3.63) is 0 Å². The van der Waals surface area contributed by atoms with E-state index in [-0.39, 0.29) is 6.04 Å². The van der Waals surface area contributed by atoms with Crippen LogP contribution in [0.3, 0.4) is 0 Å². The van der Waals surface area contributed by atoms with Crippen molar-refractivity contribution in [3.8, 4) is 11.8 Å². The van der Waals surface area contributed by atoms with Crippen LogP contribution in [-0.4, -0.2) is 16.7 Å². The first-order chi connectivity index (χ1) is 5.16. The van der Waals surface area contributed by atoms with Crippen molar-refractivity contribution in [2.24, 2.45) is 5.73 Å². The highest BCUT2D eigenvalue weighted by Crippen LogP contribution is 2.26. The lowest BCUT2D eigenvalue weighted by molar-refractivity contribution is 0.0555. The van der Waals surface area contributed by atoms with Crippen LogP contribution in [0.25, 0.3) is 0 Å². The average Bonchev–Trinajstić information content (AvgIpc) is 1.97. The summed E-state index contributed by atoms with van der Waals surface area (Å²) in [4.78, 5) is 0. The largest absolute Gasteiger partial charge is 0.378 e. The van der Waals surface area contributed by atoms with Gasteiger partial charge in [0.2, 0.25) is 0 Å². The van der Waals surface area contributed by atoms with Crippen LogP contribution >= 0.6 is 0 Å². The highest BCUT2D eigenvalue weighted by Gasteiger charge is 2.29. The summed E-state index contributed by atoms with van der Waals surface area (Å²) in [7, 11) is 0. The first-order valence-corrected chi connectivity index (χ1v) is 4.08. The van der Waals surface area contributed by atoms with Crippen molar-refractivity contribution in [1.29, 1.82) is 0 Å². The second-order valence-corrected chi connectivity index (χ2v) is 3.24. The van der Waals surface area contributed by atoms with Gasteiger partial charge in [0, 0.05) is 6.04 Å². The van der Waals surface area contributed by atoms with E-state index in [0.717, 1.165) is 25.7 Å². The van der Waals surface area contributed by atoms with Crippen LogP contribution in [0, 0.1) is 11.8 Å². The summed E-state index contributed by atoms with van der Waals surface area (Å²) >= 11 is 0. The van der Waals surface area contributed by atoms with E-state index < -0.39 is 5.60 Å². The van der Waals surface area contributed by atoms with Crippen molar-refractivity contribution < 1.29 is 5.11 Å². The van der Waals surface area contributed by atoms with Crippen molar-refractivity contribution in [2.45, 2.75) is 44.2 Å². The van der Waals surface area contributed by atoms with Gasteiger partial charge in [0.05, 0.1) is 0 Å². The minimum absolute atomic E-state index is 0.272. The van der Waals surface area contributed by atoms with E-state index in [1.807, 2.05) is 0 Å². The summed E-state index contributed by atoms with van der Waals surface area (Å²) in [6.07, 6.45) is 3.25. The molecular weight excluding hydrogens is 138 g/mol. The molecule has 0 heterocycles. The van der Waals surface area contributed by atoms with Crippen LogP contribution in [0.15, 0.2) is 0 Å². The molecule has 0 aromatic carbocycles. The quantitative estimate of drug-likeness (QED) is 0.502. The van der Waals surface area contributed by atoms with E-state index in [9.17, 15) is 5.11 Å². The molecule has 1 aliphatic carbocycles. The van der Waals surface area contributed by atoms with Gasteiger partial charge in [0.1, 0.15) is 5.60 Å². The molecule has 0 spiro atoms. The van der Waals surface area contributed by atoms with E-state index in [2.05, 4.69) is 11.8 Å². The Kier molecular flexibility index (Phi) is 2.53. The zero-order valence-corrected chi connectivity index (χ0v) is 6.93. The van der Waals surface area contributed by atoms with E-state index >= 15 is 0 Å². The second kappa shape index (κ2) is 3.25.